The fourth-order valence-electron chi connectivity index (χ4n) is 2.66. The topological polar surface area (TPSA) is 78.5 Å². The number of sulfonamides is 1. The lowest BCUT2D eigenvalue weighted by Crippen LogP contribution is -2.52. The Hall–Kier alpha value is -0.660. The van der Waals surface area contributed by atoms with E-state index in [-0.39, 0.29) is 24.0 Å². The Morgan fingerprint density at radius 3 is 2.33 bits per heavy atom. The molecule has 0 bridgehead atoms. The van der Waals surface area contributed by atoms with Crippen LogP contribution in [0.5, 0.6) is 0 Å². The third-order valence-electron chi connectivity index (χ3n) is 3.91. The lowest BCUT2D eigenvalue weighted by atomic mass is 10.1. The maximum atomic E-state index is 12.0. The number of nitrogens with zero attached hydrogens (tertiary/aromatic N) is 1. The molecule has 1 heterocycles. The van der Waals surface area contributed by atoms with E-state index < -0.39 is 10.0 Å². The molecule has 0 aromatic rings. The maximum Gasteiger partial charge on any atom is 0.237 e. The zero-order valence-electron chi connectivity index (χ0n) is 13.6. The number of piperidine rings is 1. The van der Waals surface area contributed by atoms with E-state index in [1.807, 2.05) is 13.8 Å². The molecule has 7 heteroatoms. The summed E-state index contributed by atoms with van der Waals surface area (Å²) in [6.45, 7) is 7.02. The van der Waals surface area contributed by atoms with E-state index in [0.717, 1.165) is 25.7 Å². The van der Waals surface area contributed by atoms with Gasteiger partial charge in [0.1, 0.15) is 0 Å². The summed E-state index contributed by atoms with van der Waals surface area (Å²) in [6, 6.07) is 0.142. The molecule has 0 spiro atoms. The standard InChI is InChI=1S/C14H29N3O3S/c1-5-6-11(2)15-14(18)12(3)16-13-7-9-17(10-8-13)21(4,19)20/h11-13,16H,5-10H2,1-4H3,(H,15,18). The first-order chi connectivity index (χ1) is 9.74. The smallest absolute Gasteiger partial charge is 0.237 e. The molecule has 1 saturated heterocycles. The molecule has 0 aromatic carbocycles. The molecule has 1 amide bonds. The second-order valence-electron chi connectivity index (χ2n) is 6.02. The van der Waals surface area contributed by atoms with Gasteiger partial charge in [-0.3, -0.25) is 4.79 Å². The van der Waals surface area contributed by atoms with Crippen LogP contribution in [0.3, 0.4) is 0 Å². The van der Waals surface area contributed by atoms with E-state index in [9.17, 15) is 13.2 Å². The molecule has 1 aliphatic heterocycles. The van der Waals surface area contributed by atoms with Crippen molar-refractivity contribution < 1.29 is 13.2 Å². The van der Waals surface area contributed by atoms with Crippen LogP contribution in [0.15, 0.2) is 0 Å². The van der Waals surface area contributed by atoms with Gasteiger partial charge >= 0.3 is 0 Å². The summed E-state index contributed by atoms with van der Waals surface area (Å²) in [5.74, 6) is 0.0153. The summed E-state index contributed by atoms with van der Waals surface area (Å²) < 4.78 is 24.4. The number of carbonyl (C=O) groups is 1. The van der Waals surface area contributed by atoms with Crippen molar-refractivity contribution in [3.63, 3.8) is 0 Å². The van der Waals surface area contributed by atoms with E-state index in [1.165, 1.54) is 10.6 Å². The molecule has 0 saturated carbocycles. The monoisotopic (exact) mass is 319 g/mol. The number of carbonyl (C=O) groups excluding carboxylic acids is 1. The van der Waals surface area contributed by atoms with Gasteiger partial charge in [-0.1, -0.05) is 13.3 Å². The molecule has 2 N–H and O–H groups in total. The fraction of sp³-hybridized carbons (Fsp3) is 0.929. The van der Waals surface area contributed by atoms with Crippen LogP contribution in [0.2, 0.25) is 0 Å². The van der Waals surface area contributed by atoms with Gasteiger partial charge in [-0.15, -0.1) is 0 Å². The minimum atomic E-state index is -3.09. The molecule has 0 aliphatic carbocycles. The quantitative estimate of drug-likeness (QED) is 0.724. The van der Waals surface area contributed by atoms with Crippen molar-refractivity contribution in [3.05, 3.63) is 0 Å². The maximum absolute atomic E-state index is 12.0. The summed E-state index contributed by atoms with van der Waals surface area (Å²) in [4.78, 5) is 12.0. The highest BCUT2D eigenvalue weighted by atomic mass is 32.2. The van der Waals surface area contributed by atoms with Crippen LogP contribution in [0.25, 0.3) is 0 Å². The Bertz CT molecular complexity index is 431. The van der Waals surface area contributed by atoms with Gasteiger partial charge in [-0.2, -0.15) is 0 Å². The van der Waals surface area contributed by atoms with Crippen LogP contribution in [0, 0.1) is 0 Å². The lowest BCUT2D eigenvalue weighted by Gasteiger charge is -2.32. The van der Waals surface area contributed by atoms with E-state index in [0.29, 0.717) is 13.1 Å². The summed E-state index contributed by atoms with van der Waals surface area (Å²) in [7, 11) is -3.09. The third kappa shape index (κ3) is 6.32. The third-order valence-corrected chi connectivity index (χ3v) is 5.22. The summed E-state index contributed by atoms with van der Waals surface area (Å²) in [6.07, 6.45) is 4.76. The number of nitrogens with one attached hydrogen (secondary N) is 2. The van der Waals surface area contributed by atoms with Gasteiger partial charge in [0.2, 0.25) is 15.9 Å². The summed E-state index contributed by atoms with van der Waals surface area (Å²) in [5, 5.41) is 6.30. The van der Waals surface area contributed by atoms with E-state index in [2.05, 4.69) is 17.6 Å². The number of hydrogen-bond acceptors (Lipinski definition) is 4. The van der Waals surface area contributed by atoms with Crippen LogP contribution in [0.1, 0.15) is 46.5 Å². The first kappa shape index (κ1) is 18.4. The molecule has 1 aliphatic rings. The number of hydrogen-bond donors (Lipinski definition) is 2. The molecular weight excluding hydrogens is 290 g/mol. The Kier molecular flexibility index (Phi) is 7.09. The first-order valence-corrected chi connectivity index (χ1v) is 9.60. The molecule has 21 heavy (non-hydrogen) atoms. The van der Waals surface area contributed by atoms with Gasteiger partial charge < -0.3 is 10.6 Å². The van der Waals surface area contributed by atoms with Crippen molar-refractivity contribution in [1.82, 2.24) is 14.9 Å². The molecule has 2 atom stereocenters. The lowest BCUT2D eigenvalue weighted by molar-refractivity contribution is -0.123. The molecule has 0 radical (unpaired) electrons. The molecule has 1 rings (SSSR count). The SMILES string of the molecule is CCCC(C)NC(=O)C(C)NC1CCN(S(C)(=O)=O)CC1. The van der Waals surface area contributed by atoms with Gasteiger partial charge in [-0.05, 0) is 33.1 Å². The van der Waals surface area contributed by atoms with Crippen LogP contribution < -0.4 is 10.6 Å². The van der Waals surface area contributed by atoms with Gasteiger partial charge in [0.15, 0.2) is 0 Å². The number of rotatable bonds is 7. The van der Waals surface area contributed by atoms with Crippen molar-refractivity contribution in [2.24, 2.45) is 0 Å². The normalized spacial score (nSPS) is 21.0. The molecule has 124 valence electrons. The largest absolute Gasteiger partial charge is 0.352 e. The highest BCUT2D eigenvalue weighted by molar-refractivity contribution is 7.88. The minimum Gasteiger partial charge on any atom is -0.352 e. The van der Waals surface area contributed by atoms with Crippen molar-refractivity contribution in [2.75, 3.05) is 19.3 Å². The zero-order valence-corrected chi connectivity index (χ0v) is 14.4. The van der Waals surface area contributed by atoms with Crippen LogP contribution in [0.4, 0.5) is 0 Å². The van der Waals surface area contributed by atoms with E-state index >= 15 is 0 Å². The second-order valence-corrected chi connectivity index (χ2v) is 8.01. The predicted octanol–water partition coefficient (Wildman–Crippen LogP) is 0.693. The van der Waals surface area contributed by atoms with E-state index in [4.69, 9.17) is 0 Å². The first-order valence-electron chi connectivity index (χ1n) is 7.75. The Balaban J connectivity index is 2.36. The Morgan fingerprint density at radius 2 is 1.86 bits per heavy atom. The van der Waals surface area contributed by atoms with Crippen molar-refractivity contribution >= 4 is 15.9 Å². The fourth-order valence-corrected chi connectivity index (χ4v) is 3.53. The average Bonchev–Trinajstić information content (AvgIpc) is 2.38. The molecule has 6 nitrogen and oxygen atoms in total. The van der Waals surface area contributed by atoms with Gasteiger partial charge in [0.05, 0.1) is 12.3 Å². The molecule has 2 unspecified atom stereocenters. The van der Waals surface area contributed by atoms with Gasteiger partial charge in [0, 0.05) is 25.2 Å². The minimum absolute atomic E-state index is 0.0153. The summed E-state index contributed by atoms with van der Waals surface area (Å²) in [5.41, 5.74) is 0. The van der Waals surface area contributed by atoms with Crippen molar-refractivity contribution in [2.45, 2.75) is 64.6 Å². The molecule has 0 aromatic heterocycles. The second kappa shape index (κ2) is 8.10. The summed E-state index contributed by atoms with van der Waals surface area (Å²) >= 11 is 0. The highest BCUT2D eigenvalue weighted by Crippen LogP contribution is 2.13. The van der Waals surface area contributed by atoms with Crippen LogP contribution in [-0.2, 0) is 14.8 Å². The average molecular weight is 319 g/mol. The van der Waals surface area contributed by atoms with E-state index in [1.54, 1.807) is 0 Å². The van der Waals surface area contributed by atoms with Gasteiger partial charge in [-0.25, -0.2) is 12.7 Å². The molecule has 1 fully saturated rings. The molecular formula is C14H29N3O3S. The highest BCUT2D eigenvalue weighted by Gasteiger charge is 2.26. The zero-order chi connectivity index (χ0) is 16.0. The Morgan fingerprint density at radius 1 is 1.29 bits per heavy atom. The van der Waals surface area contributed by atoms with Gasteiger partial charge in [0.25, 0.3) is 0 Å². The van der Waals surface area contributed by atoms with Crippen LogP contribution >= 0.6 is 0 Å². The van der Waals surface area contributed by atoms with Crippen LogP contribution in [-0.4, -0.2) is 56.1 Å². The number of amides is 1. The van der Waals surface area contributed by atoms with Crippen molar-refractivity contribution in [3.8, 4) is 0 Å². The van der Waals surface area contributed by atoms with Crippen molar-refractivity contribution in [1.29, 1.82) is 0 Å². The Labute approximate surface area is 128 Å². The predicted molar refractivity (Wildman–Crippen MR) is 84.5 cm³/mol.